The van der Waals surface area contributed by atoms with Crippen molar-refractivity contribution < 1.29 is 23.9 Å². The van der Waals surface area contributed by atoms with Gasteiger partial charge in [-0.2, -0.15) is 0 Å². The van der Waals surface area contributed by atoms with Crippen LogP contribution in [0.2, 0.25) is 0 Å². The van der Waals surface area contributed by atoms with Crippen LogP contribution < -0.4 is 15.0 Å². The second kappa shape index (κ2) is 6.49. The summed E-state index contributed by atoms with van der Waals surface area (Å²) in [7, 11) is 1.63. The van der Waals surface area contributed by atoms with Crippen LogP contribution in [-0.2, 0) is 9.59 Å². The van der Waals surface area contributed by atoms with Crippen LogP contribution in [0.5, 0.6) is 5.75 Å². The molecule has 0 saturated heterocycles. The summed E-state index contributed by atoms with van der Waals surface area (Å²) in [5, 5.41) is 2.65. The van der Waals surface area contributed by atoms with Crippen LogP contribution in [0.1, 0.15) is 27.6 Å². The normalized spacial score (nSPS) is 17.9. The predicted molar refractivity (Wildman–Crippen MR) is 100 cm³/mol. The van der Waals surface area contributed by atoms with E-state index in [1.165, 1.54) is 4.90 Å². The molecule has 2 aliphatic heterocycles. The van der Waals surface area contributed by atoms with E-state index in [1.54, 1.807) is 56.4 Å². The van der Waals surface area contributed by atoms with Crippen LogP contribution in [0.4, 0.5) is 11.4 Å². The minimum atomic E-state index is -0.577. The molecule has 1 N–H and O–H groups in total. The topological polar surface area (TPSA) is 96.0 Å². The highest BCUT2D eigenvalue weighted by molar-refractivity contribution is 6.22. The summed E-state index contributed by atoms with van der Waals surface area (Å²) in [5.41, 5.74) is 1.54. The molecule has 2 heterocycles. The molecule has 0 radical (unpaired) electrons. The van der Waals surface area contributed by atoms with Gasteiger partial charge in [0.2, 0.25) is 5.91 Å². The Morgan fingerprint density at radius 3 is 2.36 bits per heavy atom. The lowest BCUT2D eigenvalue weighted by molar-refractivity contribution is -0.125. The molecule has 2 aromatic rings. The van der Waals surface area contributed by atoms with E-state index in [2.05, 4.69) is 5.32 Å². The summed E-state index contributed by atoms with van der Waals surface area (Å²) in [6.45, 7) is 1.27. The Bertz CT molecular complexity index is 997. The van der Waals surface area contributed by atoms with E-state index in [4.69, 9.17) is 4.74 Å². The van der Waals surface area contributed by atoms with Crippen molar-refractivity contribution in [2.24, 2.45) is 0 Å². The number of carbonyl (C=O) groups is 4. The molecule has 0 bridgehead atoms. The first-order valence-electron chi connectivity index (χ1n) is 8.70. The molecule has 2 aliphatic rings. The molecular formula is C20H17N3O5. The number of fused-ring (bicyclic) bond motifs is 2. The smallest absolute Gasteiger partial charge is 0.267 e. The minimum absolute atomic E-state index is 0.193. The van der Waals surface area contributed by atoms with Crippen LogP contribution in [0.15, 0.2) is 42.5 Å². The van der Waals surface area contributed by atoms with Gasteiger partial charge in [-0.05, 0) is 37.3 Å². The Balaban J connectivity index is 1.49. The molecule has 4 amide bonds. The molecule has 0 aromatic heterocycles. The van der Waals surface area contributed by atoms with Gasteiger partial charge in [0.25, 0.3) is 17.7 Å². The third-order valence-corrected chi connectivity index (χ3v) is 4.77. The minimum Gasteiger partial charge on any atom is -0.479 e. The highest BCUT2D eigenvalue weighted by Gasteiger charge is 2.36. The van der Waals surface area contributed by atoms with Crippen molar-refractivity contribution >= 4 is 35.0 Å². The van der Waals surface area contributed by atoms with E-state index in [0.717, 1.165) is 4.90 Å². The standard InChI is InChI=1S/C20H17N3O5/c1-11-18(25)22(2)15-9-12(7-8-16(15)28-11)21-17(24)10-23-19(26)13-5-3-4-6-14(13)20(23)27/h3-9,11H,10H2,1-2H3,(H,21,24). The number of nitrogens with one attached hydrogen (secondary N) is 1. The second-order valence-electron chi connectivity index (χ2n) is 6.63. The molecule has 0 spiro atoms. The maximum Gasteiger partial charge on any atom is 0.267 e. The van der Waals surface area contributed by atoms with Gasteiger partial charge in [0.1, 0.15) is 12.3 Å². The highest BCUT2D eigenvalue weighted by Crippen LogP contribution is 2.35. The molecule has 0 aliphatic carbocycles. The molecule has 8 nitrogen and oxygen atoms in total. The lowest BCUT2D eigenvalue weighted by Gasteiger charge is -2.30. The van der Waals surface area contributed by atoms with Gasteiger partial charge in [-0.25, -0.2) is 0 Å². The molecule has 0 saturated carbocycles. The maximum atomic E-state index is 12.4. The number of anilines is 2. The van der Waals surface area contributed by atoms with Crippen LogP contribution in [-0.4, -0.2) is 48.2 Å². The molecule has 4 rings (SSSR count). The van der Waals surface area contributed by atoms with E-state index in [0.29, 0.717) is 28.3 Å². The predicted octanol–water partition coefficient (Wildman–Crippen LogP) is 1.66. The summed E-state index contributed by atoms with van der Waals surface area (Å²) < 4.78 is 5.54. The molecule has 0 fully saturated rings. The second-order valence-corrected chi connectivity index (χ2v) is 6.63. The van der Waals surface area contributed by atoms with Crippen molar-refractivity contribution in [2.45, 2.75) is 13.0 Å². The van der Waals surface area contributed by atoms with Gasteiger partial charge in [-0.3, -0.25) is 24.1 Å². The van der Waals surface area contributed by atoms with Crippen LogP contribution in [0.25, 0.3) is 0 Å². The number of rotatable bonds is 3. The van der Waals surface area contributed by atoms with Crippen LogP contribution in [0.3, 0.4) is 0 Å². The van der Waals surface area contributed by atoms with E-state index in [1.807, 2.05) is 0 Å². The number of benzene rings is 2. The van der Waals surface area contributed by atoms with Gasteiger partial charge in [-0.15, -0.1) is 0 Å². The quantitative estimate of drug-likeness (QED) is 0.819. The van der Waals surface area contributed by atoms with Crippen molar-refractivity contribution in [3.8, 4) is 5.75 Å². The van der Waals surface area contributed by atoms with Gasteiger partial charge in [0.15, 0.2) is 6.10 Å². The zero-order valence-electron chi connectivity index (χ0n) is 15.3. The van der Waals surface area contributed by atoms with E-state index in [-0.39, 0.29) is 5.91 Å². The monoisotopic (exact) mass is 379 g/mol. The number of carbonyl (C=O) groups excluding carboxylic acids is 4. The molecule has 28 heavy (non-hydrogen) atoms. The zero-order valence-corrected chi connectivity index (χ0v) is 15.3. The first-order chi connectivity index (χ1) is 13.4. The van der Waals surface area contributed by atoms with E-state index < -0.39 is 30.4 Å². The van der Waals surface area contributed by atoms with E-state index >= 15 is 0 Å². The lowest BCUT2D eigenvalue weighted by atomic mass is 10.1. The molecular weight excluding hydrogens is 362 g/mol. The fourth-order valence-corrected chi connectivity index (χ4v) is 3.32. The fourth-order valence-electron chi connectivity index (χ4n) is 3.32. The van der Waals surface area contributed by atoms with Crippen molar-refractivity contribution in [1.82, 2.24) is 4.90 Å². The first-order valence-corrected chi connectivity index (χ1v) is 8.70. The number of hydrogen-bond donors (Lipinski definition) is 1. The summed E-state index contributed by atoms with van der Waals surface area (Å²) in [6, 6.07) is 11.4. The van der Waals surface area contributed by atoms with Gasteiger partial charge in [0, 0.05) is 12.7 Å². The van der Waals surface area contributed by atoms with Gasteiger partial charge in [0.05, 0.1) is 16.8 Å². The average molecular weight is 379 g/mol. The molecule has 8 heteroatoms. The number of nitrogens with zero attached hydrogens (tertiary/aromatic N) is 2. The van der Waals surface area contributed by atoms with E-state index in [9.17, 15) is 19.2 Å². The Hall–Kier alpha value is -3.68. The number of hydrogen-bond acceptors (Lipinski definition) is 5. The highest BCUT2D eigenvalue weighted by atomic mass is 16.5. The Kier molecular flexibility index (Phi) is 4.11. The van der Waals surface area contributed by atoms with Crippen LogP contribution >= 0.6 is 0 Å². The third-order valence-electron chi connectivity index (χ3n) is 4.77. The molecule has 1 unspecified atom stereocenters. The lowest BCUT2D eigenvalue weighted by Crippen LogP contribution is -2.42. The number of imide groups is 1. The Morgan fingerprint density at radius 1 is 1.07 bits per heavy atom. The number of likely N-dealkylation sites (N-methyl/N-ethyl adjacent to an activating group) is 1. The summed E-state index contributed by atoms with van der Waals surface area (Å²) >= 11 is 0. The van der Waals surface area contributed by atoms with Gasteiger partial charge < -0.3 is 15.0 Å². The average Bonchev–Trinajstić information content (AvgIpc) is 2.92. The Labute approximate surface area is 160 Å². The summed E-state index contributed by atoms with van der Waals surface area (Å²) in [5.74, 6) is -1.16. The number of ether oxygens (including phenoxy) is 1. The summed E-state index contributed by atoms with van der Waals surface area (Å²) in [4.78, 5) is 51.6. The number of amides is 4. The molecule has 1 atom stereocenters. The third kappa shape index (κ3) is 2.79. The van der Waals surface area contributed by atoms with Crippen LogP contribution in [0, 0.1) is 0 Å². The van der Waals surface area contributed by atoms with Crippen molar-refractivity contribution in [2.75, 3.05) is 23.8 Å². The first kappa shape index (κ1) is 17.7. The zero-order chi connectivity index (χ0) is 20.0. The molecule has 142 valence electrons. The SMILES string of the molecule is CC1Oc2ccc(NC(=O)CN3C(=O)c4ccccc4C3=O)cc2N(C)C1=O. The van der Waals surface area contributed by atoms with Crippen molar-refractivity contribution in [1.29, 1.82) is 0 Å². The fraction of sp³-hybridized carbons (Fsp3) is 0.200. The maximum absolute atomic E-state index is 12.4. The summed E-state index contributed by atoms with van der Waals surface area (Å²) in [6.07, 6.45) is -0.577. The largest absolute Gasteiger partial charge is 0.479 e. The van der Waals surface area contributed by atoms with Crippen molar-refractivity contribution in [3.63, 3.8) is 0 Å². The Morgan fingerprint density at radius 2 is 1.71 bits per heavy atom. The van der Waals surface area contributed by atoms with Gasteiger partial charge >= 0.3 is 0 Å². The van der Waals surface area contributed by atoms with Crippen molar-refractivity contribution in [3.05, 3.63) is 53.6 Å². The molecule has 2 aromatic carbocycles. The van der Waals surface area contributed by atoms with Gasteiger partial charge in [-0.1, -0.05) is 12.1 Å².